The van der Waals surface area contributed by atoms with E-state index in [1.165, 1.54) is 13.8 Å². The molecule has 0 bridgehead atoms. The molecule has 1 heterocycles. The quantitative estimate of drug-likeness (QED) is 0.690. The third-order valence-corrected chi connectivity index (χ3v) is 3.64. The molecule has 1 atom stereocenters. The summed E-state index contributed by atoms with van der Waals surface area (Å²) in [5, 5.41) is 0. The van der Waals surface area contributed by atoms with Crippen molar-refractivity contribution in [2.75, 3.05) is 13.1 Å². The Hall–Kier alpha value is -0.460. The Bertz CT molecular complexity index is 254. The van der Waals surface area contributed by atoms with Gasteiger partial charge in [-0.25, -0.2) is 0 Å². The topological polar surface area (TPSA) is 3.24 Å². The first-order chi connectivity index (χ1) is 7.92. The fourth-order valence-corrected chi connectivity index (χ4v) is 2.56. The summed E-state index contributed by atoms with van der Waals surface area (Å²) >= 11 is 0. The second-order valence-electron chi connectivity index (χ2n) is 5.35. The highest BCUT2D eigenvalue weighted by Gasteiger charge is 2.46. The Morgan fingerprint density at radius 1 is 1.06 bits per heavy atom. The lowest BCUT2D eigenvalue weighted by Gasteiger charge is -2.48. The normalized spacial score (nSPS) is 26.3. The van der Waals surface area contributed by atoms with E-state index in [1.807, 2.05) is 0 Å². The van der Waals surface area contributed by atoms with Gasteiger partial charge in [0.15, 0.2) is 0 Å². The van der Waals surface area contributed by atoms with Gasteiger partial charge in [-0.15, -0.1) is 0 Å². The molecule has 0 spiro atoms. The summed E-state index contributed by atoms with van der Waals surface area (Å²) in [7, 11) is 0. The van der Waals surface area contributed by atoms with E-state index in [4.69, 9.17) is 0 Å². The van der Waals surface area contributed by atoms with E-state index in [9.17, 15) is 26.3 Å². The standard InChI is InChI=1S/C11H17F6N/c1-9(2)8(6-10(12,13)14)4-3-5-18(9)7-11(15,16)17/h8H,3-7H2,1-2H3. The number of alkyl halides is 6. The van der Waals surface area contributed by atoms with Gasteiger partial charge in [-0.05, 0) is 39.2 Å². The number of rotatable bonds is 2. The lowest BCUT2D eigenvalue weighted by Crippen LogP contribution is -2.56. The number of nitrogens with zero attached hydrogens (tertiary/aromatic N) is 1. The number of piperidine rings is 1. The van der Waals surface area contributed by atoms with Crippen LogP contribution in [0.15, 0.2) is 0 Å². The van der Waals surface area contributed by atoms with Gasteiger partial charge >= 0.3 is 12.4 Å². The summed E-state index contributed by atoms with van der Waals surface area (Å²) in [4.78, 5) is 1.12. The Balaban J connectivity index is 2.78. The van der Waals surface area contributed by atoms with Gasteiger partial charge < -0.3 is 0 Å². The zero-order valence-electron chi connectivity index (χ0n) is 10.3. The summed E-state index contributed by atoms with van der Waals surface area (Å²) in [6.45, 7) is 1.98. The minimum Gasteiger partial charge on any atom is -0.290 e. The summed E-state index contributed by atoms with van der Waals surface area (Å²) in [6, 6.07) is 0. The van der Waals surface area contributed by atoms with Gasteiger partial charge in [-0.3, -0.25) is 4.90 Å². The molecule has 1 aliphatic heterocycles. The van der Waals surface area contributed by atoms with Crippen LogP contribution < -0.4 is 0 Å². The van der Waals surface area contributed by atoms with E-state index >= 15 is 0 Å². The molecular weight excluding hydrogens is 260 g/mol. The molecule has 0 aliphatic carbocycles. The smallest absolute Gasteiger partial charge is 0.290 e. The molecule has 0 aromatic rings. The van der Waals surface area contributed by atoms with Crippen LogP contribution in [0, 0.1) is 5.92 Å². The van der Waals surface area contributed by atoms with Crippen LogP contribution in [0.5, 0.6) is 0 Å². The molecule has 1 unspecified atom stereocenters. The molecule has 0 saturated carbocycles. The summed E-state index contributed by atoms with van der Waals surface area (Å²) in [5.41, 5.74) is -1.08. The van der Waals surface area contributed by atoms with Crippen molar-refractivity contribution in [2.45, 2.75) is 51.0 Å². The second-order valence-corrected chi connectivity index (χ2v) is 5.35. The van der Waals surface area contributed by atoms with Gasteiger partial charge in [0.1, 0.15) is 0 Å². The number of hydrogen-bond donors (Lipinski definition) is 0. The maximum Gasteiger partial charge on any atom is 0.401 e. The number of hydrogen-bond acceptors (Lipinski definition) is 1. The van der Waals surface area contributed by atoms with Gasteiger partial charge in [-0.2, -0.15) is 26.3 Å². The van der Waals surface area contributed by atoms with Crippen molar-refractivity contribution in [3.8, 4) is 0 Å². The Labute approximate surface area is 102 Å². The van der Waals surface area contributed by atoms with Crippen molar-refractivity contribution in [1.29, 1.82) is 0 Å². The number of likely N-dealkylation sites (tertiary alicyclic amines) is 1. The van der Waals surface area contributed by atoms with Crippen LogP contribution in [0.2, 0.25) is 0 Å². The van der Waals surface area contributed by atoms with Crippen LogP contribution in [0.1, 0.15) is 33.1 Å². The average molecular weight is 277 g/mol. The zero-order valence-corrected chi connectivity index (χ0v) is 10.3. The largest absolute Gasteiger partial charge is 0.401 e. The molecule has 0 aromatic heterocycles. The van der Waals surface area contributed by atoms with E-state index < -0.39 is 36.8 Å². The van der Waals surface area contributed by atoms with Crippen LogP contribution >= 0.6 is 0 Å². The maximum absolute atomic E-state index is 12.4. The molecule has 1 nitrogen and oxygen atoms in total. The molecule has 18 heavy (non-hydrogen) atoms. The van der Waals surface area contributed by atoms with E-state index in [0.717, 1.165) is 4.90 Å². The van der Waals surface area contributed by atoms with Crippen LogP contribution in [0.3, 0.4) is 0 Å². The molecular formula is C11H17F6N. The predicted molar refractivity (Wildman–Crippen MR) is 55.1 cm³/mol. The minimum absolute atomic E-state index is 0.195. The van der Waals surface area contributed by atoms with Crippen LogP contribution in [-0.4, -0.2) is 35.9 Å². The van der Waals surface area contributed by atoms with Gasteiger partial charge in [0, 0.05) is 12.0 Å². The van der Waals surface area contributed by atoms with E-state index in [0.29, 0.717) is 12.8 Å². The molecule has 0 amide bonds. The van der Waals surface area contributed by atoms with Gasteiger partial charge in [0.05, 0.1) is 6.54 Å². The number of halogens is 6. The molecule has 7 heteroatoms. The molecule has 108 valence electrons. The molecule has 0 N–H and O–H groups in total. The van der Waals surface area contributed by atoms with E-state index in [1.54, 1.807) is 0 Å². The monoisotopic (exact) mass is 277 g/mol. The van der Waals surface area contributed by atoms with Gasteiger partial charge in [0.25, 0.3) is 0 Å². The summed E-state index contributed by atoms with van der Waals surface area (Å²) < 4.78 is 74.4. The van der Waals surface area contributed by atoms with Crippen molar-refractivity contribution in [3.05, 3.63) is 0 Å². The first kappa shape index (κ1) is 15.6. The van der Waals surface area contributed by atoms with E-state index in [2.05, 4.69) is 0 Å². The Morgan fingerprint density at radius 3 is 2.06 bits per heavy atom. The van der Waals surface area contributed by atoms with Gasteiger partial charge in [0.2, 0.25) is 0 Å². The van der Waals surface area contributed by atoms with E-state index in [-0.39, 0.29) is 6.54 Å². The van der Waals surface area contributed by atoms with Crippen LogP contribution in [0.25, 0.3) is 0 Å². The molecule has 1 saturated heterocycles. The molecule has 0 aromatic carbocycles. The first-order valence-corrected chi connectivity index (χ1v) is 5.80. The first-order valence-electron chi connectivity index (χ1n) is 5.80. The third kappa shape index (κ3) is 4.33. The molecule has 0 radical (unpaired) electrons. The van der Waals surface area contributed by atoms with Crippen molar-refractivity contribution in [1.82, 2.24) is 4.90 Å². The molecule has 1 rings (SSSR count). The minimum atomic E-state index is -4.38. The highest BCUT2D eigenvalue weighted by atomic mass is 19.4. The summed E-state index contributed by atoms with van der Waals surface area (Å²) in [5.74, 6) is -0.784. The fourth-order valence-electron chi connectivity index (χ4n) is 2.56. The zero-order chi connectivity index (χ0) is 14.2. The SMILES string of the molecule is CC1(C)C(CC(F)(F)F)CCCN1CC(F)(F)F. The van der Waals surface area contributed by atoms with Crippen molar-refractivity contribution < 1.29 is 26.3 Å². The van der Waals surface area contributed by atoms with Gasteiger partial charge in [-0.1, -0.05) is 0 Å². The molecule has 1 fully saturated rings. The Morgan fingerprint density at radius 2 is 1.61 bits per heavy atom. The van der Waals surface area contributed by atoms with Crippen LogP contribution in [-0.2, 0) is 0 Å². The lowest BCUT2D eigenvalue weighted by molar-refractivity contribution is -0.183. The third-order valence-electron chi connectivity index (χ3n) is 3.64. The van der Waals surface area contributed by atoms with Crippen molar-refractivity contribution in [3.63, 3.8) is 0 Å². The lowest BCUT2D eigenvalue weighted by atomic mass is 9.77. The van der Waals surface area contributed by atoms with Crippen LogP contribution in [0.4, 0.5) is 26.3 Å². The maximum atomic E-state index is 12.4. The molecule has 1 aliphatic rings. The van der Waals surface area contributed by atoms with Crippen molar-refractivity contribution >= 4 is 0 Å². The highest BCUT2D eigenvalue weighted by Crippen LogP contribution is 2.41. The van der Waals surface area contributed by atoms with Crippen molar-refractivity contribution in [2.24, 2.45) is 5.92 Å². The summed E-state index contributed by atoms with van der Waals surface area (Å²) in [6.07, 6.45) is -9.03. The predicted octanol–water partition coefficient (Wildman–Crippen LogP) is 3.99. The second kappa shape index (κ2) is 4.90. The highest BCUT2D eigenvalue weighted by molar-refractivity contribution is 4.94. The Kier molecular flexibility index (Phi) is 4.25. The fraction of sp³-hybridized carbons (Fsp3) is 1.00. The average Bonchev–Trinajstić information content (AvgIpc) is 2.08.